The molecule has 0 atom stereocenters. The summed E-state index contributed by atoms with van der Waals surface area (Å²) in [4.78, 5) is 4.08. The van der Waals surface area contributed by atoms with Crippen molar-refractivity contribution in [3.8, 4) is 0 Å². The van der Waals surface area contributed by atoms with Crippen LogP contribution < -0.4 is 0 Å². The number of aromatic nitrogens is 4. The predicted octanol–water partition coefficient (Wildman–Crippen LogP) is 1.91. The van der Waals surface area contributed by atoms with Crippen molar-refractivity contribution in [1.82, 2.24) is 19.6 Å². The van der Waals surface area contributed by atoms with E-state index in [2.05, 4.69) is 15.2 Å². The molecule has 2 rings (SSSR count). The zero-order chi connectivity index (χ0) is 13.1. The number of ether oxygens (including phenoxy) is 1. The van der Waals surface area contributed by atoms with Gasteiger partial charge in [0.1, 0.15) is 23.4 Å². The number of nitrogens with zero attached hydrogens (tertiary/aromatic N) is 4. The quantitative estimate of drug-likeness (QED) is 0.618. The molecule has 98 valence electrons. The number of aryl methyl sites for hydroxylation is 1. The first kappa shape index (κ1) is 13.1. The van der Waals surface area contributed by atoms with Gasteiger partial charge in [0.15, 0.2) is 5.65 Å². The molecule has 2 heterocycles. The highest BCUT2D eigenvalue weighted by Gasteiger charge is 2.10. The van der Waals surface area contributed by atoms with E-state index in [-0.39, 0.29) is 6.61 Å². The molecule has 8 heteroatoms. The molecule has 2 aromatic rings. The van der Waals surface area contributed by atoms with Gasteiger partial charge in [-0.15, -0.1) is 10.2 Å². The summed E-state index contributed by atoms with van der Waals surface area (Å²) >= 11 is 5.79. The fourth-order valence-corrected chi connectivity index (χ4v) is 1.84. The van der Waals surface area contributed by atoms with Gasteiger partial charge < -0.3 is 4.74 Å². The minimum absolute atomic E-state index is 0.160. The molecule has 0 aliphatic rings. The fourth-order valence-electron chi connectivity index (χ4n) is 1.62. The Kier molecular flexibility index (Phi) is 4.03. The first-order valence-corrected chi connectivity index (χ1v) is 5.69. The molecule has 18 heavy (non-hydrogen) atoms. The maximum Gasteiger partial charge on any atom is 0.261 e. The van der Waals surface area contributed by atoms with Crippen molar-refractivity contribution in [2.24, 2.45) is 0 Å². The summed E-state index contributed by atoms with van der Waals surface area (Å²) < 4.78 is 30.3. The van der Waals surface area contributed by atoms with Crippen LogP contribution in [0.2, 0.25) is 5.15 Å². The van der Waals surface area contributed by atoms with Crippen LogP contribution in [0.4, 0.5) is 8.78 Å². The molecule has 0 spiro atoms. The minimum atomic E-state index is -2.46. The lowest BCUT2D eigenvalue weighted by atomic mass is 10.4. The van der Waals surface area contributed by atoms with Gasteiger partial charge in [0.25, 0.3) is 6.43 Å². The Labute approximate surface area is 107 Å². The highest BCUT2D eigenvalue weighted by molar-refractivity contribution is 6.29. The summed E-state index contributed by atoms with van der Waals surface area (Å²) in [5.74, 6) is 1.26. The summed E-state index contributed by atoms with van der Waals surface area (Å²) in [5.41, 5.74) is 0.580. The summed E-state index contributed by atoms with van der Waals surface area (Å²) in [7, 11) is 0. The molecule has 0 aliphatic heterocycles. The standard InChI is InChI=1S/C10H11ClF2N4O/c1-6-14-7(11)4-10-16-15-9(17(6)10)2-3-18-5-8(12)13/h4,8H,2-3,5H2,1H3. The Hall–Kier alpha value is -1.34. The van der Waals surface area contributed by atoms with Gasteiger partial charge in [-0.25, -0.2) is 13.8 Å². The van der Waals surface area contributed by atoms with E-state index in [9.17, 15) is 8.78 Å². The van der Waals surface area contributed by atoms with E-state index in [4.69, 9.17) is 16.3 Å². The molecule has 0 saturated carbocycles. The highest BCUT2D eigenvalue weighted by atomic mass is 35.5. The van der Waals surface area contributed by atoms with Crippen LogP contribution in [0.3, 0.4) is 0 Å². The average Bonchev–Trinajstić information content (AvgIpc) is 2.67. The Bertz CT molecular complexity index is 546. The van der Waals surface area contributed by atoms with Crippen molar-refractivity contribution in [3.05, 3.63) is 22.9 Å². The van der Waals surface area contributed by atoms with Crippen LogP contribution in [0.5, 0.6) is 0 Å². The molecule has 0 amide bonds. The van der Waals surface area contributed by atoms with Crippen molar-refractivity contribution in [2.75, 3.05) is 13.2 Å². The van der Waals surface area contributed by atoms with Gasteiger partial charge in [-0.05, 0) is 6.92 Å². The second-order valence-electron chi connectivity index (χ2n) is 3.65. The van der Waals surface area contributed by atoms with Crippen LogP contribution in [0, 0.1) is 6.92 Å². The predicted molar refractivity (Wildman–Crippen MR) is 61.1 cm³/mol. The normalized spacial score (nSPS) is 11.6. The average molecular weight is 277 g/mol. The maximum absolute atomic E-state index is 11.9. The minimum Gasteiger partial charge on any atom is -0.375 e. The third-order valence-electron chi connectivity index (χ3n) is 2.31. The van der Waals surface area contributed by atoms with Crippen LogP contribution in [0.15, 0.2) is 6.07 Å². The SMILES string of the molecule is Cc1nc(Cl)cc2nnc(CCOCC(F)F)n12. The van der Waals surface area contributed by atoms with Crippen molar-refractivity contribution in [3.63, 3.8) is 0 Å². The van der Waals surface area contributed by atoms with Crippen molar-refractivity contribution in [1.29, 1.82) is 0 Å². The van der Waals surface area contributed by atoms with E-state index in [1.54, 1.807) is 17.4 Å². The molecule has 0 unspecified atom stereocenters. The Morgan fingerprint density at radius 2 is 2.22 bits per heavy atom. The van der Waals surface area contributed by atoms with Crippen molar-refractivity contribution >= 4 is 17.2 Å². The molecule has 0 saturated heterocycles. The van der Waals surface area contributed by atoms with Gasteiger partial charge in [0.2, 0.25) is 0 Å². The van der Waals surface area contributed by atoms with E-state index in [0.717, 1.165) is 0 Å². The second kappa shape index (κ2) is 5.53. The lowest BCUT2D eigenvalue weighted by Crippen LogP contribution is -2.09. The highest BCUT2D eigenvalue weighted by Crippen LogP contribution is 2.12. The molecule has 5 nitrogen and oxygen atoms in total. The van der Waals surface area contributed by atoms with Crippen LogP contribution in [-0.2, 0) is 11.2 Å². The fraction of sp³-hybridized carbons (Fsp3) is 0.500. The first-order chi connectivity index (χ1) is 8.58. The molecule has 0 bridgehead atoms. The number of rotatable bonds is 5. The molecule has 0 N–H and O–H groups in total. The molecule has 0 radical (unpaired) electrons. The number of fused-ring (bicyclic) bond motifs is 1. The first-order valence-electron chi connectivity index (χ1n) is 5.31. The molecule has 0 fully saturated rings. The van der Waals surface area contributed by atoms with Crippen LogP contribution in [0.1, 0.15) is 11.6 Å². The third-order valence-corrected chi connectivity index (χ3v) is 2.50. The van der Waals surface area contributed by atoms with Crippen molar-refractivity contribution < 1.29 is 13.5 Å². The number of halogens is 3. The lowest BCUT2D eigenvalue weighted by Gasteiger charge is -2.04. The Morgan fingerprint density at radius 3 is 2.94 bits per heavy atom. The largest absolute Gasteiger partial charge is 0.375 e. The Balaban J connectivity index is 2.10. The zero-order valence-electron chi connectivity index (χ0n) is 9.61. The molecule has 0 aliphatic carbocycles. The Morgan fingerprint density at radius 1 is 1.44 bits per heavy atom. The number of hydrogen-bond donors (Lipinski definition) is 0. The van der Waals surface area contributed by atoms with Gasteiger partial charge >= 0.3 is 0 Å². The summed E-state index contributed by atoms with van der Waals surface area (Å²) in [6, 6.07) is 1.59. The van der Waals surface area contributed by atoms with Gasteiger partial charge in [-0.1, -0.05) is 11.6 Å². The van der Waals surface area contributed by atoms with Gasteiger partial charge in [0, 0.05) is 12.5 Å². The second-order valence-corrected chi connectivity index (χ2v) is 4.04. The molecule has 2 aromatic heterocycles. The van der Waals surface area contributed by atoms with E-state index >= 15 is 0 Å². The van der Waals surface area contributed by atoms with Gasteiger partial charge in [-0.3, -0.25) is 4.40 Å². The number of hydrogen-bond acceptors (Lipinski definition) is 4. The summed E-state index contributed by atoms with van der Waals surface area (Å²) in [5, 5.41) is 8.24. The van der Waals surface area contributed by atoms with E-state index in [0.29, 0.717) is 28.9 Å². The van der Waals surface area contributed by atoms with E-state index < -0.39 is 13.0 Å². The van der Waals surface area contributed by atoms with E-state index in [1.807, 2.05) is 0 Å². The summed E-state index contributed by atoms with van der Waals surface area (Å²) in [6.45, 7) is 1.36. The number of alkyl halides is 2. The zero-order valence-corrected chi connectivity index (χ0v) is 10.4. The molecular weight excluding hydrogens is 266 g/mol. The lowest BCUT2D eigenvalue weighted by molar-refractivity contribution is 0.0182. The van der Waals surface area contributed by atoms with Crippen molar-refractivity contribution in [2.45, 2.75) is 19.8 Å². The monoisotopic (exact) mass is 276 g/mol. The molecular formula is C10H11ClF2N4O. The summed E-state index contributed by atoms with van der Waals surface area (Å²) in [6.07, 6.45) is -2.07. The van der Waals surface area contributed by atoms with E-state index in [1.165, 1.54) is 0 Å². The third kappa shape index (κ3) is 2.91. The van der Waals surface area contributed by atoms with Crippen LogP contribution >= 0.6 is 11.6 Å². The maximum atomic E-state index is 11.9. The topological polar surface area (TPSA) is 52.3 Å². The van der Waals surface area contributed by atoms with Gasteiger partial charge in [-0.2, -0.15) is 0 Å². The van der Waals surface area contributed by atoms with Crippen LogP contribution in [-0.4, -0.2) is 39.2 Å². The molecule has 0 aromatic carbocycles. The van der Waals surface area contributed by atoms with Crippen LogP contribution in [0.25, 0.3) is 5.65 Å². The smallest absolute Gasteiger partial charge is 0.261 e. The van der Waals surface area contributed by atoms with Gasteiger partial charge in [0.05, 0.1) is 6.61 Å².